The number of hydrogen-bond acceptors (Lipinski definition) is 8. The highest BCUT2D eigenvalue weighted by atomic mass is 16.5. The second-order valence-electron chi connectivity index (χ2n) is 9.05. The van der Waals surface area contributed by atoms with Crippen molar-refractivity contribution in [3.05, 3.63) is 83.9 Å². The van der Waals surface area contributed by atoms with Gasteiger partial charge in [0.1, 0.15) is 0 Å². The standard InChI is InChI=1S/C32H37NO7/c1-33(19-9-21-40-32(35)27-15-13-26(14-16-27)25-10-6-5-7-11-25)18-8-20-39-30(34)17-12-24-22-28(36-2)31(38-4)29(23-24)37-3/h5-7,10-17,22-23H,8-9,18-21H2,1-4H3/b17-12+. The van der Waals surface area contributed by atoms with Gasteiger partial charge < -0.3 is 28.6 Å². The van der Waals surface area contributed by atoms with Gasteiger partial charge in [0.25, 0.3) is 0 Å². The van der Waals surface area contributed by atoms with Gasteiger partial charge in [-0.1, -0.05) is 42.5 Å². The van der Waals surface area contributed by atoms with Gasteiger partial charge in [0, 0.05) is 19.2 Å². The second kappa shape index (κ2) is 16.0. The van der Waals surface area contributed by atoms with Gasteiger partial charge in [0.05, 0.1) is 40.1 Å². The SMILES string of the molecule is COc1cc(/C=C/C(=O)OCCCN(C)CCCOC(=O)c2ccc(-c3ccccc3)cc2)cc(OC)c1OC. The Kier molecular flexibility index (Phi) is 12.1. The van der Waals surface area contributed by atoms with Crippen molar-refractivity contribution in [1.82, 2.24) is 4.90 Å². The molecule has 212 valence electrons. The molecular formula is C32H37NO7. The largest absolute Gasteiger partial charge is 0.493 e. The molecule has 0 aliphatic heterocycles. The van der Waals surface area contributed by atoms with E-state index >= 15 is 0 Å². The topological polar surface area (TPSA) is 83.5 Å². The summed E-state index contributed by atoms with van der Waals surface area (Å²) in [4.78, 5) is 26.6. The van der Waals surface area contributed by atoms with Gasteiger partial charge in [-0.3, -0.25) is 0 Å². The molecule has 0 amide bonds. The van der Waals surface area contributed by atoms with Gasteiger partial charge in [0.2, 0.25) is 5.75 Å². The molecule has 0 aliphatic carbocycles. The zero-order valence-corrected chi connectivity index (χ0v) is 23.6. The highest BCUT2D eigenvalue weighted by Gasteiger charge is 2.12. The fourth-order valence-corrected chi connectivity index (χ4v) is 4.04. The average Bonchev–Trinajstić information content (AvgIpc) is 3.00. The molecule has 8 nitrogen and oxygen atoms in total. The van der Waals surface area contributed by atoms with Crippen molar-refractivity contribution < 1.29 is 33.3 Å². The van der Waals surface area contributed by atoms with Crippen LogP contribution < -0.4 is 14.2 Å². The molecule has 0 saturated carbocycles. The third kappa shape index (κ3) is 9.17. The monoisotopic (exact) mass is 547 g/mol. The van der Waals surface area contributed by atoms with Crippen LogP contribution in [-0.2, 0) is 14.3 Å². The van der Waals surface area contributed by atoms with Crippen LogP contribution >= 0.6 is 0 Å². The fourth-order valence-electron chi connectivity index (χ4n) is 4.04. The Labute approximate surface area is 236 Å². The highest BCUT2D eigenvalue weighted by Crippen LogP contribution is 2.38. The number of benzene rings is 3. The van der Waals surface area contributed by atoms with E-state index in [-0.39, 0.29) is 5.97 Å². The van der Waals surface area contributed by atoms with E-state index in [1.807, 2.05) is 49.5 Å². The summed E-state index contributed by atoms with van der Waals surface area (Å²) < 4.78 is 26.7. The first kappa shape index (κ1) is 30.2. The van der Waals surface area contributed by atoms with Crippen LogP contribution in [0.4, 0.5) is 0 Å². The number of nitrogens with zero attached hydrogens (tertiary/aromatic N) is 1. The predicted octanol–water partition coefficient (Wildman–Crippen LogP) is 5.50. The molecular weight excluding hydrogens is 510 g/mol. The van der Waals surface area contributed by atoms with Crippen molar-refractivity contribution in [2.75, 3.05) is 54.7 Å². The molecule has 0 aliphatic rings. The molecule has 40 heavy (non-hydrogen) atoms. The van der Waals surface area contributed by atoms with E-state index in [1.54, 1.807) is 30.3 Å². The molecule has 0 atom stereocenters. The molecule has 0 aromatic heterocycles. The first-order valence-electron chi connectivity index (χ1n) is 13.1. The molecule has 0 radical (unpaired) electrons. The lowest BCUT2D eigenvalue weighted by molar-refractivity contribution is -0.137. The Balaban J connectivity index is 1.30. The summed E-state index contributed by atoms with van der Waals surface area (Å²) in [7, 11) is 6.59. The van der Waals surface area contributed by atoms with E-state index in [2.05, 4.69) is 4.90 Å². The third-order valence-electron chi connectivity index (χ3n) is 6.17. The quantitative estimate of drug-likeness (QED) is 0.140. The Morgan fingerprint density at radius 1 is 0.750 bits per heavy atom. The molecule has 0 bridgehead atoms. The summed E-state index contributed by atoms with van der Waals surface area (Å²) in [5, 5.41) is 0. The molecule has 3 aromatic carbocycles. The first-order chi connectivity index (χ1) is 19.4. The lowest BCUT2D eigenvalue weighted by atomic mass is 10.0. The van der Waals surface area contributed by atoms with E-state index in [0.717, 1.165) is 29.8 Å². The smallest absolute Gasteiger partial charge is 0.338 e. The fraction of sp³-hybridized carbons (Fsp3) is 0.312. The number of ether oxygens (including phenoxy) is 5. The van der Waals surface area contributed by atoms with Crippen molar-refractivity contribution in [2.24, 2.45) is 0 Å². The van der Waals surface area contributed by atoms with Crippen LogP contribution in [0.5, 0.6) is 17.2 Å². The summed E-state index contributed by atoms with van der Waals surface area (Å²) in [6, 6.07) is 20.9. The Morgan fingerprint density at radius 2 is 1.32 bits per heavy atom. The van der Waals surface area contributed by atoms with Gasteiger partial charge in [-0.2, -0.15) is 0 Å². The Bertz CT molecular complexity index is 1230. The zero-order chi connectivity index (χ0) is 28.7. The maximum absolute atomic E-state index is 12.3. The van der Waals surface area contributed by atoms with Gasteiger partial charge >= 0.3 is 11.9 Å². The Hall–Kier alpha value is -4.30. The predicted molar refractivity (Wildman–Crippen MR) is 155 cm³/mol. The summed E-state index contributed by atoms with van der Waals surface area (Å²) >= 11 is 0. The van der Waals surface area contributed by atoms with Crippen molar-refractivity contribution in [2.45, 2.75) is 12.8 Å². The summed E-state index contributed by atoms with van der Waals surface area (Å²) in [6.45, 7) is 2.15. The van der Waals surface area contributed by atoms with E-state index in [4.69, 9.17) is 23.7 Å². The number of rotatable bonds is 15. The summed E-state index contributed by atoms with van der Waals surface area (Å²) in [5.74, 6) is 0.741. The molecule has 0 N–H and O–H groups in total. The van der Waals surface area contributed by atoms with Crippen molar-refractivity contribution >= 4 is 18.0 Å². The van der Waals surface area contributed by atoms with Gasteiger partial charge in [-0.05, 0) is 66.9 Å². The van der Waals surface area contributed by atoms with Gasteiger partial charge in [-0.25, -0.2) is 9.59 Å². The molecule has 0 saturated heterocycles. The summed E-state index contributed by atoms with van der Waals surface area (Å²) in [6.07, 6.45) is 4.40. The highest BCUT2D eigenvalue weighted by molar-refractivity contribution is 5.90. The third-order valence-corrected chi connectivity index (χ3v) is 6.17. The summed E-state index contributed by atoms with van der Waals surface area (Å²) in [5.41, 5.74) is 3.41. The molecule has 3 aromatic rings. The second-order valence-corrected chi connectivity index (χ2v) is 9.05. The van der Waals surface area contributed by atoms with E-state index in [0.29, 0.717) is 48.9 Å². The molecule has 0 spiro atoms. The lowest BCUT2D eigenvalue weighted by Gasteiger charge is -2.16. The minimum atomic E-state index is -0.430. The van der Waals surface area contributed by atoms with Crippen molar-refractivity contribution in [3.63, 3.8) is 0 Å². The lowest BCUT2D eigenvalue weighted by Crippen LogP contribution is -2.23. The van der Waals surface area contributed by atoms with Crippen LogP contribution in [0.3, 0.4) is 0 Å². The number of carbonyl (C=O) groups excluding carboxylic acids is 2. The van der Waals surface area contributed by atoms with Crippen LogP contribution in [0.15, 0.2) is 72.8 Å². The van der Waals surface area contributed by atoms with Crippen LogP contribution in [0, 0.1) is 0 Å². The van der Waals surface area contributed by atoms with Crippen molar-refractivity contribution in [1.29, 1.82) is 0 Å². The van der Waals surface area contributed by atoms with Gasteiger partial charge in [0.15, 0.2) is 11.5 Å². The van der Waals surface area contributed by atoms with Crippen LogP contribution in [0.2, 0.25) is 0 Å². The van der Waals surface area contributed by atoms with Crippen LogP contribution in [-0.4, -0.2) is 71.5 Å². The van der Waals surface area contributed by atoms with E-state index in [9.17, 15) is 9.59 Å². The van der Waals surface area contributed by atoms with E-state index < -0.39 is 5.97 Å². The van der Waals surface area contributed by atoms with Gasteiger partial charge in [-0.15, -0.1) is 0 Å². The minimum absolute atomic E-state index is 0.302. The molecule has 0 heterocycles. The minimum Gasteiger partial charge on any atom is -0.493 e. The molecule has 0 unspecified atom stereocenters. The Morgan fingerprint density at radius 3 is 1.90 bits per heavy atom. The number of hydrogen-bond donors (Lipinski definition) is 0. The molecule has 0 fully saturated rings. The maximum Gasteiger partial charge on any atom is 0.338 e. The molecule has 3 rings (SSSR count). The first-order valence-corrected chi connectivity index (χ1v) is 13.1. The van der Waals surface area contributed by atoms with Crippen LogP contribution in [0.25, 0.3) is 17.2 Å². The van der Waals surface area contributed by atoms with Crippen molar-refractivity contribution in [3.8, 4) is 28.4 Å². The van der Waals surface area contributed by atoms with E-state index in [1.165, 1.54) is 27.4 Å². The number of esters is 2. The zero-order valence-electron chi connectivity index (χ0n) is 23.6. The van der Waals surface area contributed by atoms with Crippen LogP contribution in [0.1, 0.15) is 28.8 Å². The maximum atomic E-state index is 12.3. The normalized spacial score (nSPS) is 10.9. The number of methoxy groups -OCH3 is 3. The number of carbonyl (C=O) groups is 2. The average molecular weight is 548 g/mol. The molecule has 8 heteroatoms.